The third kappa shape index (κ3) is 4.17. The number of aromatic amines is 1. The number of carbonyl (C=O) groups is 1. The van der Waals surface area contributed by atoms with Crippen LogP contribution in [0.5, 0.6) is 0 Å². The molecule has 8 nitrogen and oxygen atoms in total. The van der Waals surface area contributed by atoms with Gasteiger partial charge >= 0.3 is 5.97 Å². The summed E-state index contributed by atoms with van der Waals surface area (Å²) >= 11 is 0. The summed E-state index contributed by atoms with van der Waals surface area (Å²) in [6, 6.07) is 12.7. The molecule has 2 aromatic carbocycles. The van der Waals surface area contributed by atoms with E-state index in [4.69, 9.17) is 4.74 Å². The van der Waals surface area contributed by atoms with Crippen molar-refractivity contribution in [1.82, 2.24) is 9.97 Å². The number of sulfonamides is 1. The van der Waals surface area contributed by atoms with Gasteiger partial charge in [-0.1, -0.05) is 18.2 Å². The summed E-state index contributed by atoms with van der Waals surface area (Å²) in [7, 11) is -2.76. The van der Waals surface area contributed by atoms with Gasteiger partial charge in [0.25, 0.3) is 10.0 Å². The molecule has 2 N–H and O–H groups in total. The predicted octanol–water partition coefficient (Wildman–Crippen LogP) is 4.87. The van der Waals surface area contributed by atoms with Gasteiger partial charge < -0.3 is 14.6 Å². The Labute approximate surface area is 208 Å². The molecule has 36 heavy (non-hydrogen) atoms. The molecule has 186 valence electrons. The number of nitrogens with zero attached hydrogens (tertiary/aromatic N) is 2. The number of carbonyl (C=O) groups excluding carboxylic acids is 1. The molecule has 0 bridgehead atoms. The number of rotatable bonds is 6. The first-order valence-corrected chi connectivity index (χ1v) is 13.0. The summed E-state index contributed by atoms with van der Waals surface area (Å²) in [6.07, 6.45) is 3.58. The monoisotopic (exact) mass is 508 g/mol. The number of benzene rings is 2. The number of anilines is 2. The number of nitrogens with one attached hydrogen (secondary N) is 2. The van der Waals surface area contributed by atoms with E-state index >= 15 is 4.39 Å². The molecule has 2 aromatic heterocycles. The largest absolute Gasteiger partial charge is 0.464 e. The molecule has 1 saturated heterocycles. The van der Waals surface area contributed by atoms with Crippen LogP contribution < -0.4 is 9.62 Å². The van der Waals surface area contributed by atoms with Crippen molar-refractivity contribution >= 4 is 38.4 Å². The summed E-state index contributed by atoms with van der Waals surface area (Å²) in [6.45, 7) is 3.40. The second-order valence-corrected chi connectivity index (χ2v) is 10.4. The van der Waals surface area contributed by atoms with Crippen LogP contribution in [0.3, 0.4) is 0 Å². The summed E-state index contributed by atoms with van der Waals surface area (Å²) < 4.78 is 49.4. The lowest BCUT2D eigenvalue weighted by atomic mass is 9.99. The number of fused-ring (bicyclic) bond motifs is 1. The Hall–Kier alpha value is -3.92. The third-order valence-electron chi connectivity index (χ3n) is 6.38. The first-order chi connectivity index (χ1) is 17.3. The van der Waals surface area contributed by atoms with Crippen LogP contribution in [0.2, 0.25) is 0 Å². The average molecular weight is 509 g/mol. The Morgan fingerprint density at radius 3 is 2.56 bits per heavy atom. The van der Waals surface area contributed by atoms with Crippen molar-refractivity contribution in [2.75, 3.05) is 29.8 Å². The summed E-state index contributed by atoms with van der Waals surface area (Å²) in [4.78, 5) is 22.3. The summed E-state index contributed by atoms with van der Waals surface area (Å²) in [5.74, 6) is -1.27. The quantitative estimate of drug-likeness (QED) is 0.360. The number of hydrogen-bond acceptors (Lipinski definition) is 6. The second-order valence-electron chi connectivity index (χ2n) is 8.68. The van der Waals surface area contributed by atoms with Crippen molar-refractivity contribution in [3.63, 3.8) is 0 Å². The number of halogens is 1. The molecular formula is C26H25FN4O4S. The van der Waals surface area contributed by atoms with E-state index in [9.17, 15) is 13.2 Å². The van der Waals surface area contributed by atoms with E-state index in [-0.39, 0.29) is 38.4 Å². The number of esters is 1. The number of methoxy groups -OCH3 is 1. The zero-order valence-electron chi connectivity index (χ0n) is 19.8. The first-order valence-electron chi connectivity index (χ1n) is 11.5. The minimum atomic E-state index is -3.98. The number of H-pyrrole nitrogens is 1. The van der Waals surface area contributed by atoms with Crippen LogP contribution in [0.1, 0.15) is 28.9 Å². The maximum absolute atomic E-state index is 15.4. The van der Waals surface area contributed by atoms with Gasteiger partial charge in [-0.3, -0.25) is 4.72 Å². The number of hydrogen-bond donors (Lipinski definition) is 2. The Morgan fingerprint density at radius 1 is 1.14 bits per heavy atom. The van der Waals surface area contributed by atoms with E-state index in [2.05, 4.69) is 19.6 Å². The van der Waals surface area contributed by atoms with E-state index < -0.39 is 21.8 Å². The van der Waals surface area contributed by atoms with Gasteiger partial charge in [-0.2, -0.15) is 0 Å². The molecule has 1 aliphatic rings. The Balaban J connectivity index is 1.77. The average Bonchev–Trinajstić information content (AvgIpc) is 3.55. The first kappa shape index (κ1) is 23.8. The highest BCUT2D eigenvalue weighted by Crippen LogP contribution is 2.41. The smallest absolute Gasteiger partial charge is 0.355 e. The summed E-state index contributed by atoms with van der Waals surface area (Å²) in [5, 5.41) is 0.285. The van der Waals surface area contributed by atoms with Gasteiger partial charge in [-0.05, 0) is 55.7 Å². The van der Waals surface area contributed by atoms with Gasteiger partial charge in [-0.15, -0.1) is 0 Å². The Bertz CT molecular complexity index is 1560. The minimum Gasteiger partial charge on any atom is -0.464 e. The van der Waals surface area contributed by atoms with Crippen molar-refractivity contribution in [2.24, 2.45) is 0 Å². The molecule has 4 aromatic rings. The summed E-state index contributed by atoms with van der Waals surface area (Å²) in [5.41, 5.74) is 2.10. The highest BCUT2D eigenvalue weighted by molar-refractivity contribution is 7.92. The number of pyridine rings is 1. The van der Waals surface area contributed by atoms with E-state index in [0.717, 1.165) is 31.6 Å². The lowest BCUT2D eigenvalue weighted by Crippen LogP contribution is -2.17. The molecule has 0 aliphatic carbocycles. The number of aryl methyl sites for hydroxylation is 1. The fraction of sp³-hybridized carbons (Fsp3) is 0.231. The third-order valence-corrected chi connectivity index (χ3v) is 7.75. The van der Waals surface area contributed by atoms with E-state index in [1.165, 1.54) is 31.5 Å². The van der Waals surface area contributed by atoms with Crippen LogP contribution in [0.25, 0.3) is 22.2 Å². The molecule has 0 unspecified atom stereocenters. The minimum absolute atomic E-state index is 0.0109. The van der Waals surface area contributed by atoms with E-state index in [1.807, 2.05) is 0 Å². The SMILES string of the molecule is COC(=O)c1[nH]c2ncc(C)c(NS(=O)(=O)c3ccccc3)c2c1-c1cc(N2CCCC2)ccc1F. The maximum atomic E-state index is 15.4. The van der Waals surface area contributed by atoms with Gasteiger partial charge in [0.05, 0.1) is 23.1 Å². The normalized spacial score (nSPS) is 13.8. The predicted molar refractivity (Wildman–Crippen MR) is 136 cm³/mol. The van der Waals surface area contributed by atoms with E-state index in [1.54, 1.807) is 37.3 Å². The fourth-order valence-electron chi connectivity index (χ4n) is 4.58. The van der Waals surface area contributed by atoms with Crippen LogP contribution in [-0.4, -0.2) is 44.6 Å². The molecule has 0 spiro atoms. The second kappa shape index (κ2) is 9.27. The lowest BCUT2D eigenvalue weighted by molar-refractivity contribution is 0.0596. The molecular weight excluding hydrogens is 483 g/mol. The topological polar surface area (TPSA) is 104 Å². The Morgan fingerprint density at radius 2 is 1.86 bits per heavy atom. The van der Waals surface area contributed by atoms with Gasteiger partial charge in [-0.25, -0.2) is 22.6 Å². The molecule has 5 rings (SSSR count). The molecule has 1 fully saturated rings. The van der Waals surface area contributed by atoms with Crippen molar-refractivity contribution in [3.8, 4) is 11.1 Å². The molecule has 1 aliphatic heterocycles. The molecule has 10 heteroatoms. The van der Waals surface area contributed by atoms with Crippen LogP contribution in [0, 0.1) is 12.7 Å². The lowest BCUT2D eigenvalue weighted by Gasteiger charge is -2.19. The highest BCUT2D eigenvalue weighted by Gasteiger charge is 2.28. The van der Waals surface area contributed by atoms with Gasteiger partial charge in [0.1, 0.15) is 17.2 Å². The molecule has 0 radical (unpaired) electrons. The van der Waals surface area contributed by atoms with Gasteiger partial charge in [0, 0.05) is 36.1 Å². The van der Waals surface area contributed by atoms with Gasteiger partial charge in [0.2, 0.25) is 0 Å². The van der Waals surface area contributed by atoms with Crippen molar-refractivity contribution in [1.29, 1.82) is 0 Å². The molecule has 0 amide bonds. The number of ether oxygens (including phenoxy) is 1. The molecule has 0 atom stereocenters. The Kier molecular flexibility index (Phi) is 6.13. The van der Waals surface area contributed by atoms with Crippen LogP contribution in [0.4, 0.5) is 15.8 Å². The zero-order chi connectivity index (χ0) is 25.4. The fourth-order valence-corrected chi connectivity index (χ4v) is 5.74. The molecule has 0 saturated carbocycles. The standard InChI is InChI=1S/C26H25FN4O4S/c1-16-15-28-25-22(23(16)30-36(33,34)18-8-4-3-5-9-18)21(24(29-25)26(32)35-2)19-14-17(10-11-20(19)27)31-12-6-7-13-31/h3-5,8-11,14-15H,6-7,12-13H2,1-2H3,(H2,28,29,30). The maximum Gasteiger partial charge on any atom is 0.355 e. The van der Waals surface area contributed by atoms with Crippen molar-refractivity contribution in [2.45, 2.75) is 24.7 Å². The van der Waals surface area contributed by atoms with Crippen LogP contribution in [0.15, 0.2) is 59.6 Å². The van der Waals surface area contributed by atoms with Crippen LogP contribution >= 0.6 is 0 Å². The zero-order valence-corrected chi connectivity index (χ0v) is 20.7. The molecule has 3 heterocycles. The van der Waals surface area contributed by atoms with Crippen molar-refractivity contribution < 1.29 is 22.3 Å². The highest BCUT2D eigenvalue weighted by atomic mass is 32.2. The van der Waals surface area contributed by atoms with Gasteiger partial charge in [0.15, 0.2) is 0 Å². The van der Waals surface area contributed by atoms with Crippen molar-refractivity contribution in [3.05, 3.63) is 71.8 Å². The number of aromatic nitrogens is 2. The van der Waals surface area contributed by atoms with Crippen LogP contribution in [-0.2, 0) is 14.8 Å². The van der Waals surface area contributed by atoms with E-state index in [0.29, 0.717) is 5.56 Å².